The van der Waals surface area contributed by atoms with Gasteiger partial charge in [-0.3, -0.25) is 9.59 Å². The fraction of sp³-hybridized carbons (Fsp3) is 0.353. The van der Waals surface area contributed by atoms with E-state index in [9.17, 15) is 9.59 Å². The first-order chi connectivity index (χ1) is 11.1. The van der Waals surface area contributed by atoms with Crippen molar-refractivity contribution in [3.63, 3.8) is 0 Å². The van der Waals surface area contributed by atoms with E-state index in [0.717, 1.165) is 17.7 Å². The van der Waals surface area contributed by atoms with Gasteiger partial charge in [0.05, 0.1) is 12.8 Å². The van der Waals surface area contributed by atoms with Crippen molar-refractivity contribution in [2.75, 3.05) is 13.7 Å². The van der Waals surface area contributed by atoms with Crippen LogP contribution in [0.15, 0.2) is 41.2 Å². The lowest BCUT2D eigenvalue weighted by Crippen LogP contribution is -2.37. The molecule has 1 aromatic carbocycles. The standard InChI is InChI=1S/C17H21N3O3/c1-4-11-18-17(22)12(2)20-16(21)10-9-15(19-20)13-5-7-14(23-3)8-6-13/h5-10,12H,4,11H2,1-3H3,(H,18,22). The third-order valence-electron chi connectivity index (χ3n) is 3.51. The van der Waals surface area contributed by atoms with Crippen molar-refractivity contribution in [1.82, 2.24) is 15.1 Å². The molecule has 0 saturated heterocycles. The van der Waals surface area contributed by atoms with Gasteiger partial charge in [-0.25, -0.2) is 4.68 Å². The SMILES string of the molecule is CCCNC(=O)C(C)n1nc(-c2ccc(OC)cc2)ccc1=O. The first kappa shape index (κ1) is 16.7. The van der Waals surface area contributed by atoms with Crippen molar-refractivity contribution in [1.29, 1.82) is 0 Å². The molecule has 0 radical (unpaired) electrons. The molecule has 2 rings (SSSR count). The third-order valence-corrected chi connectivity index (χ3v) is 3.51. The van der Waals surface area contributed by atoms with E-state index >= 15 is 0 Å². The number of hydrogen-bond donors (Lipinski definition) is 1. The highest BCUT2D eigenvalue weighted by atomic mass is 16.5. The Morgan fingerprint density at radius 3 is 2.57 bits per heavy atom. The normalized spacial score (nSPS) is 11.8. The van der Waals surface area contributed by atoms with E-state index in [1.54, 1.807) is 20.1 Å². The van der Waals surface area contributed by atoms with Gasteiger partial charge in [0, 0.05) is 18.2 Å². The minimum atomic E-state index is -0.660. The number of aromatic nitrogens is 2. The number of nitrogens with zero attached hydrogens (tertiary/aromatic N) is 2. The number of amides is 1. The van der Waals surface area contributed by atoms with Crippen LogP contribution in [-0.4, -0.2) is 29.3 Å². The summed E-state index contributed by atoms with van der Waals surface area (Å²) in [6, 6.07) is 9.78. The monoisotopic (exact) mass is 315 g/mol. The second-order valence-corrected chi connectivity index (χ2v) is 5.20. The fourth-order valence-electron chi connectivity index (χ4n) is 2.13. The molecule has 2 aromatic rings. The van der Waals surface area contributed by atoms with Crippen LogP contribution in [0.25, 0.3) is 11.3 Å². The first-order valence-corrected chi connectivity index (χ1v) is 7.58. The number of nitrogens with one attached hydrogen (secondary N) is 1. The summed E-state index contributed by atoms with van der Waals surface area (Å²) in [4.78, 5) is 24.1. The summed E-state index contributed by atoms with van der Waals surface area (Å²) >= 11 is 0. The molecule has 0 bridgehead atoms. The summed E-state index contributed by atoms with van der Waals surface area (Å²) in [7, 11) is 1.60. The van der Waals surface area contributed by atoms with Crippen LogP contribution in [0, 0.1) is 0 Å². The quantitative estimate of drug-likeness (QED) is 0.885. The minimum absolute atomic E-state index is 0.215. The predicted octanol–water partition coefficient (Wildman–Crippen LogP) is 2.01. The smallest absolute Gasteiger partial charge is 0.267 e. The Hall–Kier alpha value is -2.63. The lowest BCUT2D eigenvalue weighted by Gasteiger charge is -2.14. The van der Waals surface area contributed by atoms with Crippen LogP contribution in [0.3, 0.4) is 0 Å². The molecule has 6 nitrogen and oxygen atoms in total. The van der Waals surface area contributed by atoms with Gasteiger partial charge in [0.2, 0.25) is 5.91 Å². The lowest BCUT2D eigenvalue weighted by atomic mass is 10.1. The number of ether oxygens (including phenoxy) is 1. The number of carbonyl (C=O) groups excluding carboxylic acids is 1. The van der Waals surface area contributed by atoms with Crippen molar-refractivity contribution in [2.24, 2.45) is 0 Å². The molecule has 0 aliphatic heterocycles. The average molecular weight is 315 g/mol. The number of methoxy groups -OCH3 is 1. The second-order valence-electron chi connectivity index (χ2n) is 5.20. The van der Waals surface area contributed by atoms with Crippen LogP contribution >= 0.6 is 0 Å². The van der Waals surface area contributed by atoms with E-state index in [-0.39, 0.29) is 11.5 Å². The van der Waals surface area contributed by atoms with Gasteiger partial charge < -0.3 is 10.1 Å². The Morgan fingerprint density at radius 1 is 1.26 bits per heavy atom. The predicted molar refractivity (Wildman–Crippen MR) is 88.5 cm³/mol. The van der Waals surface area contributed by atoms with E-state index in [1.165, 1.54) is 10.7 Å². The maximum Gasteiger partial charge on any atom is 0.267 e. The molecule has 1 amide bonds. The van der Waals surface area contributed by atoms with Crippen LogP contribution in [0.2, 0.25) is 0 Å². The van der Waals surface area contributed by atoms with Crippen LogP contribution in [0.4, 0.5) is 0 Å². The summed E-state index contributed by atoms with van der Waals surface area (Å²) < 4.78 is 6.34. The highest BCUT2D eigenvalue weighted by molar-refractivity contribution is 5.79. The largest absolute Gasteiger partial charge is 0.497 e. The first-order valence-electron chi connectivity index (χ1n) is 7.58. The molecule has 0 aliphatic carbocycles. The zero-order valence-corrected chi connectivity index (χ0v) is 13.6. The molecule has 1 heterocycles. The summed E-state index contributed by atoms with van der Waals surface area (Å²) in [6.45, 7) is 4.22. The highest BCUT2D eigenvalue weighted by Gasteiger charge is 2.17. The molecule has 0 aliphatic rings. The zero-order chi connectivity index (χ0) is 16.8. The van der Waals surface area contributed by atoms with E-state index in [4.69, 9.17) is 4.74 Å². The molecule has 122 valence electrons. The van der Waals surface area contributed by atoms with E-state index in [0.29, 0.717) is 12.2 Å². The minimum Gasteiger partial charge on any atom is -0.497 e. The maximum absolute atomic E-state index is 12.1. The molecule has 1 N–H and O–H groups in total. The Kier molecular flexibility index (Phi) is 5.51. The van der Waals surface area contributed by atoms with Crippen LogP contribution in [0.1, 0.15) is 26.3 Å². The van der Waals surface area contributed by atoms with Gasteiger partial charge in [0.15, 0.2) is 0 Å². The molecular formula is C17H21N3O3. The number of rotatable bonds is 6. The molecular weight excluding hydrogens is 294 g/mol. The molecule has 6 heteroatoms. The van der Waals surface area contributed by atoms with Gasteiger partial charge in [-0.2, -0.15) is 5.10 Å². The molecule has 1 aromatic heterocycles. The van der Waals surface area contributed by atoms with Gasteiger partial charge in [-0.1, -0.05) is 6.92 Å². The lowest BCUT2D eigenvalue weighted by molar-refractivity contribution is -0.124. The van der Waals surface area contributed by atoms with Crippen molar-refractivity contribution in [3.05, 3.63) is 46.8 Å². The van der Waals surface area contributed by atoms with E-state index in [2.05, 4.69) is 10.4 Å². The maximum atomic E-state index is 12.1. The van der Waals surface area contributed by atoms with Crippen molar-refractivity contribution in [2.45, 2.75) is 26.3 Å². The highest BCUT2D eigenvalue weighted by Crippen LogP contribution is 2.20. The van der Waals surface area contributed by atoms with Crippen LogP contribution in [-0.2, 0) is 4.79 Å². The van der Waals surface area contributed by atoms with Crippen molar-refractivity contribution < 1.29 is 9.53 Å². The van der Waals surface area contributed by atoms with Crippen molar-refractivity contribution in [3.8, 4) is 17.0 Å². The molecule has 0 spiro atoms. The third kappa shape index (κ3) is 3.97. The van der Waals surface area contributed by atoms with E-state index < -0.39 is 6.04 Å². The summed E-state index contributed by atoms with van der Waals surface area (Å²) in [5.41, 5.74) is 1.17. The van der Waals surface area contributed by atoms with E-state index in [1.807, 2.05) is 31.2 Å². The second kappa shape index (κ2) is 7.58. The molecule has 0 saturated carbocycles. The average Bonchev–Trinajstić information content (AvgIpc) is 2.59. The van der Waals surface area contributed by atoms with Crippen LogP contribution in [0.5, 0.6) is 5.75 Å². The fourth-order valence-corrected chi connectivity index (χ4v) is 2.13. The number of benzene rings is 1. The summed E-state index contributed by atoms with van der Waals surface area (Å²) in [5, 5.41) is 7.11. The summed E-state index contributed by atoms with van der Waals surface area (Å²) in [6.07, 6.45) is 0.840. The molecule has 23 heavy (non-hydrogen) atoms. The Balaban J connectivity index is 2.31. The Morgan fingerprint density at radius 2 is 1.96 bits per heavy atom. The van der Waals surface area contributed by atoms with Gasteiger partial charge >= 0.3 is 0 Å². The van der Waals surface area contributed by atoms with Gasteiger partial charge in [-0.15, -0.1) is 0 Å². The Bertz CT molecular complexity index is 723. The topological polar surface area (TPSA) is 73.2 Å². The molecule has 1 atom stereocenters. The van der Waals surface area contributed by atoms with Gasteiger partial charge in [0.1, 0.15) is 11.8 Å². The number of carbonyl (C=O) groups is 1. The number of hydrogen-bond acceptors (Lipinski definition) is 4. The van der Waals surface area contributed by atoms with Crippen molar-refractivity contribution >= 4 is 5.91 Å². The van der Waals surface area contributed by atoms with Crippen LogP contribution < -0.4 is 15.6 Å². The summed E-state index contributed by atoms with van der Waals surface area (Å²) in [5.74, 6) is 0.530. The van der Waals surface area contributed by atoms with Gasteiger partial charge in [0.25, 0.3) is 5.56 Å². The zero-order valence-electron chi connectivity index (χ0n) is 13.6. The Labute approximate surface area is 135 Å². The van der Waals surface area contributed by atoms with Gasteiger partial charge in [-0.05, 0) is 43.7 Å². The molecule has 0 fully saturated rings. The molecule has 1 unspecified atom stereocenters.